The summed E-state index contributed by atoms with van der Waals surface area (Å²) in [5.41, 5.74) is 1.62. The molecule has 2 aromatic carbocycles. The standard InChI is InChI=1S/C20H22F3N3O2/c21-20(22,23)28-18-10-8-16(9-11-18)24-19(27)25-17-7-4-12-26(14-17)13-15-5-2-1-3-6-15/h1-3,5-6,8-11,17H,4,7,12-14H2,(H2,24,25,27). The number of anilines is 1. The molecular weight excluding hydrogens is 371 g/mol. The third kappa shape index (κ3) is 6.45. The van der Waals surface area contributed by atoms with Gasteiger partial charge in [-0.1, -0.05) is 30.3 Å². The van der Waals surface area contributed by atoms with Gasteiger partial charge in [0, 0.05) is 24.8 Å². The van der Waals surface area contributed by atoms with Gasteiger partial charge in [-0.05, 0) is 49.2 Å². The van der Waals surface area contributed by atoms with Crippen molar-refractivity contribution in [1.82, 2.24) is 10.2 Å². The lowest BCUT2D eigenvalue weighted by Crippen LogP contribution is -2.48. The molecule has 1 atom stereocenters. The molecule has 28 heavy (non-hydrogen) atoms. The predicted octanol–water partition coefficient (Wildman–Crippen LogP) is 4.37. The number of hydrogen-bond acceptors (Lipinski definition) is 3. The normalized spacial score (nSPS) is 17.8. The maximum atomic E-state index is 12.2. The van der Waals surface area contributed by atoms with Crippen LogP contribution in [0.4, 0.5) is 23.7 Å². The molecule has 1 fully saturated rings. The summed E-state index contributed by atoms with van der Waals surface area (Å²) in [4.78, 5) is 14.5. The number of hydrogen-bond donors (Lipinski definition) is 2. The number of halogens is 3. The fourth-order valence-corrected chi connectivity index (χ4v) is 3.25. The summed E-state index contributed by atoms with van der Waals surface area (Å²) in [5.74, 6) is -0.331. The summed E-state index contributed by atoms with van der Waals surface area (Å²) in [7, 11) is 0. The van der Waals surface area contributed by atoms with Crippen LogP contribution in [0, 0.1) is 0 Å². The number of nitrogens with one attached hydrogen (secondary N) is 2. The lowest BCUT2D eigenvalue weighted by Gasteiger charge is -2.33. The topological polar surface area (TPSA) is 53.6 Å². The highest BCUT2D eigenvalue weighted by molar-refractivity contribution is 5.89. The van der Waals surface area contributed by atoms with Gasteiger partial charge in [0.2, 0.25) is 0 Å². The van der Waals surface area contributed by atoms with Crippen LogP contribution in [0.5, 0.6) is 5.75 Å². The number of amides is 2. The van der Waals surface area contributed by atoms with Crippen molar-refractivity contribution in [2.75, 3.05) is 18.4 Å². The second kappa shape index (κ2) is 8.97. The third-order valence-corrected chi connectivity index (χ3v) is 4.44. The Morgan fingerprint density at radius 1 is 1.11 bits per heavy atom. The van der Waals surface area contributed by atoms with Crippen LogP contribution in [-0.4, -0.2) is 36.4 Å². The van der Waals surface area contributed by atoms with Gasteiger partial charge in [0.15, 0.2) is 0 Å². The van der Waals surface area contributed by atoms with Crippen LogP contribution in [-0.2, 0) is 6.54 Å². The van der Waals surface area contributed by atoms with Gasteiger partial charge in [-0.25, -0.2) is 4.79 Å². The fraction of sp³-hybridized carbons (Fsp3) is 0.350. The summed E-state index contributed by atoms with van der Waals surface area (Å²) < 4.78 is 40.3. The number of carbonyl (C=O) groups is 1. The first-order valence-electron chi connectivity index (χ1n) is 9.07. The quantitative estimate of drug-likeness (QED) is 0.793. The van der Waals surface area contributed by atoms with Crippen molar-refractivity contribution >= 4 is 11.7 Å². The number of likely N-dealkylation sites (tertiary alicyclic amines) is 1. The van der Waals surface area contributed by atoms with Gasteiger partial charge in [-0.3, -0.25) is 4.90 Å². The lowest BCUT2D eigenvalue weighted by molar-refractivity contribution is -0.274. The Morgan fingerprint density at radius 2 is 1.82 bits per heavy atom. The van der Waals surface area contributed by atoms with E-state index in [2.05, 4.69) is 32.4 Å². The minimum absolute atomic E-state index is 0.0188. The number of rotatable bonds is 5. The van der Waals surface area contributed by atoms with Gasteiger partial charge in [0.25, 0.3) is 0 Å². The molecule has 5 nitrogen and oxygen atoms in total. The molecule has 150 valence electrons. The van der Waals surface area contributed by atoms with Crippen molar-refractivity contribution in [3.63, 3.8) is 0 Å². The highest BCUT2D eigenvalue weighted by Crippen LogP contribution is 2.24. The molecule has 1 saturated heterocycles. The van der Waals surface area contributed by atoms with Crippen LogP contribution >= 0.6 is 0 Å². The summed E-state index contributed by atoms with van der Waals surface area (Å²) >= 11 is 0. The molecule has 8 heteroatoms. The van der Waals surface area contributed by atoms with Gasteiger partial charge in [0.1, 0.15) is 5.75 Å². The summed E-state index contributed by atoms with van der Waals surface area (Å²) in [6.07, 6.45) is -2.86. The number of piperidine rings is 1. The van der Waals surface area contributed by atoms with Gasteiger partial charge in [-0.15, -0.1) is 13.2 Å². The van der Waals surface area contributed by atoms with Crippen LogP contribution in [0.3, 0.4) is 0 Å². The van der Waals surface area contributed by atoms with Crippen LogP contribution in [0.2, 0.25) is 0 Å². The van der Waals surface area contributed by atoms with Crippen molar-refractivity contribution in [2.45, 2.75) is 31.8 Å². The Labute approximate surface area is 161 Å². The van der Waals surface area contributed by atoms with E-state index < -0.39 is 6.36 Å². The SMILES string of the molecule is O=C(Nc1ccc(OC(F)(F)F)cc1)NC1CCCN(Cc2ccccc2)C1. The van der Waals surface area contributed by atoms with Gasteiger partial charge >= 0.3 is 12.4 Å². The molecule has 0 radical (unpaired) electrons. The number of nitrogens with zero attached hydrogens (tertiary/aromatic N) is 1. The first-order valence-corrected chi connectivity index (χ1v) is 9.07. The second-order valence-electron chi connectivity index (χ2n) is 6.73. The molecule has 0 bridgehead atoms. The summed E-state index contributed by atoms with van der Waals surface area (Å²) in [6.45, 7) is 2.57. The Bertz CT molecular complexity index is 767. The van der Waals surface area contributed by atoms with Crippen molar-refractivity contribution < 1.29 is 22.7 Å². The van der Waals surface area contributed by atoms with E-state index in [-0.39, 0.29) is 17.8 Å². The molecule has 2 N–H and O–H groups in total. The molecular formula is C20H22F3N3O2. The minimum Gasteiger partial charge on any atom is -0.406 e. The number of urea groups is 1. The smallest absolute Gasteiger partial charge is 0.406 e. The van der Waals surface area contributed by atoms with Crippen molar-refractivity contribution in [2.24, 2.45) is 0 Å². The molecule has 0 aliphatic carbocycles. The van der Waals surface area contributed by atoms with E-state index in [0.29, 0.717) is 5.69 Å². The summed E-state index contributed by atoms with van der Waals surface area (Å²) in [6, 6.07) is 14.8. The average Bonchev–Trinajstić information content (AvgIpc) is 2.63. The number of carbonyl (C=O) groups excluding carboxylic acids is 1. The Kier molecular flexibility index (Phi) is 6.41. The first kappa shape index (κ1) is 20.0. The molecule has 1 aliphatic heterocycles. The van der Waals surface area contributed by atoms with E-state index in [1.807, 2.05) is 18.2 Å². The van der Waals surface area contributed by atoms with E-state index in [1.165, 1.54) is 17.7 Å². The highest BCUT2D eigenvalue weighted by Gasteiger charge is 2.31. The maximum Gasteiger partial charge on any atom is 0.573 e. The number of ether oxygens (including phenoxy) is 1. The monoisotopic (exact) mass is 393 g/mol. The first-order chi connectivity index (χ1) is 13.4. The number of benzene rings is 2. The van der Waals surface area contributed by atoms with E-state index in [0.717, 1.165) is 44.6 Å². The zero-order valence-corrected chi connectivity index (χ0v) is 15.2. The van der Waals surface area contributed by atoms with Gasteiger partial charge in [0.05, 0.1) is 0 Å². The zero-order chi connectivity index (χ0) is 20.0. The average molecular weight is 393 g/mol. The highest BCUT2D eigenvalue weighted by atomic mass is 19.4. The molecule has 1 aliphatic rings. The van der Waals surface area contributed by atoms with E-state index in [1.54, 1.807) is 0 Å². The van der Waals surface area contributed by atoms with Crippen LogP contribution in [0.1, 0.15) is 18.4 Å². The fourth-order valence-electron chi connectivity index (χ4n) is 3.25. The molecule has 0 spiro atoms. The Hall–Kier alpha value is -2.74. The van der Waals surface area contributed by atoms with Gasteiger partial charge < -0.3 is 15.4 Å². The van der Waals surface area contributed by atoms with Gasteiger partial charge in [-0.2, -0.15) is 0 Å². The third-order valence-electron chi connectivity index (χ3n) is 4.44. The Balaban J connectivity index is 1.47. The second-order valence-corrected chi connectivity index (χ2v) is 6.73. The van der Waals surface area contributed by atoms with E-state index in [4.69, 9.17) is 0 Å². The Morgan fingerprint density at radius 3 is 2.50 bits per heavy atom. The molecule has 0 saturated carbocycles. The van der Waals surface area contributed by atoms with Crippen molar-refractivity contribution in [3.05, 3.63) is 60.2 Å². The summed E-state index contributed by atoms with van der Waals surface area (Å²) in [5, 5.41) is 5.57. The van der Waals surface area contributed by atoms with E-state index >= 15 is 0 Å². The van der Waals surface area contributed by atoms with Crippen molar-refractivity contribution in [1.29, 1.82) is 0 Å². The lowest BCUT2D eigenvalue weighted by atomic mass is 10.0. The zero-order valence-electron chi connectivity index (χ0n) is 15.2. The molecule has 2 amide bonds. The number of alkyl halides is 3. The van der Waals surface area contributed by atoms with Crippen molar-refractivity contribution in [3.8, 4) is 5.75 Å². The molecule has 1 heterocycles. The minimum atomic E-state index is -4.74. The van der Waals surface area contributed by atoms with Crippen LogP contribution in [0.25, 0.3) is 0 Å². The van der Waals surface area contributed by atoms with Crippen LogP contribution < -0.4 is 15.4 Å². The molecule has 3 rings (SSSR count). The maximum absolute atomic E-state index is 12.2. The largest absolute Gasteiger partial charge is 0.573 e. The van der Waals surface area contributed by atoms with E-state index in [9.17, 15) is 18.0 Å². The molecule has 2 aromatic rings. The predicted molar refractivity (Wildman–Crippen MR) is 100 cm³/mol. The molecule has 1 unspecified atom stereocenters. The molecule has 0 aromatic heterocycles. The van der Waals surface area contributed by atoms with Crippen LogP contribution in [0.15, 0.2) is 54.6 Å².